The number of anilines is 1. The molecule has 0 bridgehead atoms. The molecule has 27 heavy (non-hydrogen) atoms. The predicted octanol–water partition coefficient (Wildman–Crippen LogP) is 2.64. The molecule has 0 radical (unpaired) electrons. The lowest BCUT2D eigenvalue weighted by Crippen LogP contribution is -2.58. The van der Waals surface area contributed by atoms with Gasteiger partial charge >= 0.3 is 0 Å². The molecule has 7 nitrogen and oxygen atoms in total. The van der Waals surface area contributed by atoms with Crippen LogP contribution in [0.3, 0.4) is 0 Å². The molecule has 0 aromatic heterocycles. The molecule has 1 aromatic rings. The van der Waals surface area contributed by atoms with E-state index in [0.29, 0.717) is 0 Å². The maximum atomic E-state index is 13.0. The number of benzene rings is 1. The number of aryl methyl sites for hydroxylation is 2. The van der Waals surface area contributed by atoms with E-state index in [-0.39, 0.29) is 5.91 Å². The van der Waals surface area contributed by atoms with E-state index in [2.05, 4.69) is 5.32 Å². The fourth-order valence-corrected chi connectivity index (χ4v) is 3.98. The number of rotatable bonds is 2. The standard InChI is InChI=1S/C20H27NO6/c1-10-7-8-12(11(2)9-10)21-17(22)15-13-14(25-19(3,4)24-13)16-18(23-15)27-20(5,6)26-16/h7-9,13-16,18H,1-6H3,(H,21,22)/t13-,14-,15+,16+,18-/m0/s1. The Kier molecular flexibility index (Phi) is 4.36. The number of carbonyl (C=O) groups is 1. The molecule has 3 heterocycles. The largest absolute Gasteiger partial charge is 0.342 e. The zero-order chi connectivity index (χ0) is 19.6. The highest BCUT2D eigenvalue weighted by atomic mass is 16.9. The average Bonchev–Trinajstić information content (AvgIpc) is 3.03. The maximum Gasteiger partial charge on any atom is 0.256 e. The van der Waals surface area contributed by atoms with E-state index in [1.165, 1.54) is 0 Å². The Labute approximate surface area is 159 Å². The first kappa shape index (κ1) is 18.8. The number of amides is 1. The number of nitrogens with one attached hydrogen (secondary N) is 1. The summed E-state index contributed by atoms with van der Waals surface area (Å²) in [5.41, 5.74) is 2.87. The highest BCUT2D eigenvalue weighted by Crippen LogP contribution is 2.44. The van der Waals surface area contributed by atoms with E-state index in [4.69, 9.17) is 23.7 Å². The molecule has 148 valence electrons. The minimum absolute atomic E-state index is 0.287. The third kappa shape index (κ3) is 3.50. The van der Waals surface area contributed by atoms with Crippen molar-refractivity contribution in [3.63, 3.8) is 0 Å². The summed E-state index contributed by atoms with van der Waals surface area (Å²) in [6, 6.07) is 5.86. The Morgan fingerprint density at radius 3 is 2.26 bits per heavy atom. The second-order valence-corrected chi connectivity index (χ2v) is 8.40. The molecule has 3 aliphatic rings. The van der Waals surface area contributed by atoms with Gasteiger partial charge in [-0.3, -0.25) is 4.79 Å². The van der Waals surface area contributed by atoms with Crippen LogP contribution in [-0.2, 0) is 28.5 Å². The van der Waals surface area contributed by atoms with Crippen molar-refractivity contribution in [2.24, 2.45) is 0 Å². The molecule has 4 rings (SSSR count). The highest BCUT2D eigenvalue weighted by Gasteiger charge is 2.62. The SMILES string of the molecule is Cc1ccc(NC(=O)[C@@H]2O[C@H]3OC(C)(C)O[C@@H]3[C@H]3OC(C)(C)O[C@@H]32)c(C)c1. The topological polar surface area (TPSA) is 75.3 Å². The highest BCUT2D eigenvalue weighted by molar-refractivity contribution is 5.95. The summed E-state index contributed by atoms with van der Waals surface area (Å²) in [6.45, 7) is 11.2. The van der Waals surface area contributed by atoms with Gasteiger partial charge in [0, 0.05) is 5.69 Å². The van der Waals surface area contributed by atoms with Crippen LogP contribution < -0.4 is 5.32 Å². The van der Waals surface area contributed by atoms with E-state index in [1.807, 2.05) is 59.7 Å². The predicted molar refractivity (Wildman–Crippen MR) is 97.1 cm³/mol. The monoisotopic (exact) mass is 377 g/mol. The summed E-state index contributed by atoms with van der Waals surface area (Å²) in [5.74, 6) is -1.93. The molecule has 0 spiro atoms. The third-order valence-electron chi connectivity index (χ3n) is 5.05. The summed E-state index contributed by atoms with van der Waals surface area (Å²) in [6.07, 6.45) is -3.03. The molecule has 0 saturated carbocycles. The molecule has 3 aliphatic heterocycles. The van der Waals surface area contributed by atoms with Crippen molar-refractivity contribution in [3.8, 4) is 0 Å². The van der Waals surface area contributed by atoms with Crippen molar-refractivity contribution in [1.82, 2.24) is 0 Å². The number of hydrogen-bond donors (Lipinski definition) is 1. The molecule has 1 aromatic carbocycles. The van der Waals surface area contributed by atoms with Gasteiger partial charge in [-0.2, -0.15) is 0 Å². The second-order valence-electron chi connectivity index (χ2n) is 8.40. The van der Waals surface area contributed by atoms with Crippen LogP contribution in [0.5, 0.6) is 0 Å². The smallest absolute Gasteiger partial charge is 0.256 e. The van der Waals surface area contributed by atoms with Gasteiger partial charge < -0.3 is 29.0 Å². The molecule has 1 N–H and O–H groups in total. The summed E-state index contributed by atoms with van der Waals surface area (Å²) in [7, 11) is 0. The van der Waals surface area contributed by atoms with Crippen molar-refractivity contribution >= 4 is 11.6 Å². The van der Waals surface area contributed by atoms with E-state index in [0.717, 1.165) is 16.8 Å². The Morgan fingerprint density at radius 2 is 1.56 bits per heavy atom. The van der Waals surface area contributed by atoms with Crippen LogP contribution in [0.2, 0.25) is 0 Å². The van der Waals surface area contributed by atoms with Gasteiger partial charge in [-0.15, -0.1) is 0 Å². The normalized spacial score (nSPS) is 36.1. The van der Waals surface area contributed by atoms with Crippen molar-refractivity contribution in [1.29, 1.82) is 0 Å². The van der Waals surface area contributed by atoms with E-state index >= 15 is 0 Å². The lowest BCUT2D eigenvalue weighted by molar-refractivity contribution is -0.229. The maximum absolute atomic E-state index is 13.0. The molecule has 0 aliphatic carbocycles. The van der Waals surface area contributed by atoms with Crippen LogP contribution >= 0.6 is 0 Å². The fraction of sp³-hybridized carbons (Fsp3) is 0.650. The van der Waals surface area contributed by atoms with E-state index in [9.17, 15) is 4.79 Å². The molecular weight excluding hydrogens is 350 g/mol. The summed E-state index contributed by atoms with van der Waals surface area (Å²) in [5, 5.41) is 2.95. The fourth-order valence-electron chi connectivity index (χ4n) is 3.98. The van der Waals surface area contributed by atoms with Gasteiger partial charge in [-0.05, 0) is 53.2 Å². The zero-order valence-electron chi connectivity index (χ0n) is 16.6. The van der Waals surface area contributed by atoms with Crippen molar-refractivity contribution in [3.05, 3.63) is 29.3 Å². The molecule has 5 atom stereocenters. The van der Waals surface area contributed by atoms with Crippen LogP contribution in [0.1, 0.15) is 38.8 Å². The van der Waals surface area contributed by atoms with Crippen LogP contribution in [0, 0.1) is 13.8 Å². The van der Waals surface area contributed by atoms with Gasteiger partial charge in [0.15, 0.2) is 24.0 Å². The first-order valence-corrected chi connectivity index (χ1v) is 9.29. The van der Waals surface area contributed by atoms with E-state index < -0.39 is 42.3 Å². The number of hydrogen-bond acceptors (Lipinski definition) is 6. The second kappa shape index (κ2) is 6.25. The minimum Gasteiger partial charge on any atom is -0.342 e. The van der Waals surface area contributed by atoms with Crippen LogP contribution in [0.15, 0.2) is 18.2 Å². The van der Waals surface area contributed by atoms with Crippen molar-refractivity contribution in [2.45, 2.75) is 83.8 Å². The van der Waals surface area contributed by atoms with Crippen LogP contribution in [-0.4, -0.2) is 48.2 Å². The lowest BCUT2D eigenvalue weighted by atomic mass is 9.98. The quantitative estimate of drug-likeness (QED) is 0.854. The Morgan fingerprint density at radius 1 is 0.926 bits per heavy atom. The van der Waals surface area contributed by atoms with Gasteiger partial charge in [0.05, 0.1) is 0 Å². The Hall–Kier alpha value is -1.51. The third-order valence-corrected chi connectivity index (χ3v) is 5.05. The van der Waals surface area contributed by atoms with Crippen LogP contribution in [0.25, 0.3) is 0 Å². The van der Waals surface area contributed by atoms with Gasteiger partial charge in [0.2, 0.25) is 0 Å². The number of carbonyl (C=O) groups excluding carboxylic acids is 1. The molecule has 3 saturated heterocycles. The van der Waals surface area contributed by atoms with Gasteiger partial charge in [0.25, 0.3) is 5.91 Å². The van der Waals surface area contributed by atoms with Gasteiger partial charge in [0.1, 0.15) is 18.3 Å². The lowest BCUT2D eigenvalue weighted by Gasteiger charge is -2.36. The summed E-state index contributed by atoms with van der Waals surface area (Å²) in [4.78, 5) is 13.0. The summed E-state index contributed by atoms with van der Waals surface area (Å²) < 4.78 is 29.8. The summed E-state index contributed by atoms with van der Waals surface area (Å²) >= 11 is 0. The molecular formula is C20H27NO6. The van der Waals surface area contributed by atoms with Crippen molar-refractivity contribution < 1.29 is 28.5 Å². The molecule has 0 unspecified atom stereocenters. The minimum atomic E-state index is -0.865. The first-order valence-electron chi connectivity index (χ1n) is 9.29. The Balaban J connectivity index is 1.59. The van der Waals surface area contributed by atoms with Gasteiger partial charge in [-0.1, -0.05) is 17.7 Å². The molecule has 1 amide bonds. The van der Waals surface area contributed by atoms with Gasteiger partial charge in [-0.25, -0.2) is 0 Å². The van der Waals surface area contributed by atoms with Crippen molar-refractivity contribution in [2.75, 3.05) is 5.32 Å². The number of fused-ring (bicyclic) bond motifs is 3. The van der Waals surface area contributed by atoms with Crippen LogP contribution in [0.4, 0.5) is 5.69 Å². The average molecular weight is 377 g/mol. The Bertz CT molecular complexity index is 761. The molecule has 7 heteroatoms. The molecule has 3 fully saturated rings. The number of ether oxygens (including phenoxy) is 5. The zero-order valence-corrected chi connectivity index (χ0v) is 16.6. The van der Waals surface area contributed by atoms with E-state index in [1.54, 1.807) is 0 Å². The first-order chi connectivity index (χ1) is 12.5.